The normalized spacial score (nSPS) is 9.80. The first-order chi connectivity index (χ1) is 7.13. The van der Waals surface area contributed by atoms with Crippen molar-refractivity contribution in [2.24, 2.45) is 0 Å². The van der Waals surface area contributed by atoms with E-state index in [0.29, 0.717) is 17.3 Å². The van der Waals surface area contributed by atoms with E-state index >= 15 is 0 Å². The second-order valence-corrected chi connectivity index (χ2v) is 3.55. The van der Waals surface area contributed by atoms with Crippen LogP contribution in [0.2, 0.25) is 5.02 Å². The van der Waals surface area contributed by atoms with Gasteiger partial charge < -0.3 is 15.7 Å². The number of nitrogens with one attached hydrogen (secondary N) is 2. The summed E-state index contributed by atoms with van der Waals surface area (Å²) in [5.74, 6) is -0.476. The molecule has 0 aromatic heterocycles. The molecule has 15 heavy (non-hydrogen) atoms. The highest BCUT2D eigenvalue weighted by atomic mass is 35.5. The molecule has 3 nitrogen and oxygen atoms in total. The molecule has 0 amide bonds. The van der Waals surface area contributed by atoms with Crippen LogP contribution in [0.3, 0.4) is 0 Å². The number of rotatable bonds is 3. The molecule has 0 atom stereocenters. The maximum absolute atomic E-state index is 12.8. The monoisotopic (exact) mass is 248 g/mol. The lowest BCUT2D eigenvalue weighted by Crippen LogP contribution is -2.30. The van der Waals surface area contributed by atoms with Gasteiger partial charge in [-0.25, -0.2) is 4.39 Å². The van der Waals surface area contributed by atoms with Crippen LogP contribution in [0.25, 0.3) is 0 Å². The van der Waals surface area contributed by atoms with E-state index in [1.165, 1.54) is 18.2 Å². The van der Waals surface area contributed by atoms with Crippen LogP contribution in [0.5, 0.6) is 0 Å². The van der Waals surface area contributed by atoms with E-state index in [0.717, 1.165) is 0 Å². The lowest BCUT2D eigenvalue weighted by Gasteiger charge is -2.09. The van der Waals surface area contributed by atoms with E-state index in [2.05, 4.69) is 10.6 Å². The van der Waals surface area contributed by atoms with Crippen LogP contribution in [0.1, 0.15) is 0 Å². The van der Waals surface area contributed by atoms with Crippen molar-refractivity contribution in [3.8, 4) is 0 Å². The zero-order valence-corrected chi connectivity index (χ0v) is 9.33. The van der Waals surface area contributed by atoms with Crippen LogP contribution in [0, 0.1) is 5.82 Å². The molecule has 82 valence electrons. The fraction of sp³-hybridized carbons (Fsp3) is 0.222. The quantitative estimate of drug-likeness (QED) is 0.714. The van der Waals surface area contributed by atoms with E-state index in [4.69, 9.17) is 28.9 Å². The molecule has 6 heteroatoms. The Morgan fingerprint density at radius 3 is 2.87 bits per heavy atom. The third-order valence-corrected chi connectivity index (χ3v) is 2.11. The first-order valence-corrected chi connectivity index (χ1v) is 5.03. The van der Waals surface area contributed by atoms with E-state index in [9.17, 15) is 4.39 Å². The van der Waals surface area contributed by atoms with Crippen molar-refractivity contribution in [1.29, 1.82) is 0 Å². The van der Waals surface area contributed by atoms with Crippen molar-refractivity contribution < 1.29 is 9.50 Å². The summed E-state index contributed by atoms with van der Waals surface area (Å²) < 4.78 is 12.8. The Kier molecular flexibility index (Phi) is 4.74. The summed E-state index contributed by atoms with van der Waals surface area (Å²) in [4.78, 5) is 0. The van der Waals surface area contributed by atoms with E-state index in [1.807, 2.05) is 0 Å². The molecular formula is C9H10ClFN2OS. The van der Waals surface area contributed by atoms with Crippen molar-refractivity contribution in [3.05, 3.63) is 29.0 Å². The summed E-state index contributed by atoms with van der Waals surface area (Å²) in [5, 5.41) is 14.5. The van der Waals surface area contributed by atoms with Gasteiger partial charge in [-0.15, -0.1) is 0 Å². The first-order valence-electron chi connectivity index (χ1n) is 4.24. The number of benzene rings is 1. The second kappa shape index (κ2) is 5.85. The maximum atomic E-state index is 12.8. The van der Waals surface area contributed by atoms with Gasteiger partial charge in [-0.1, -0.05) is 11.6 Å². The topological polar surface area (TPSA) is 44.3 Å². The highest BCUT2D eigenvalue weighted by molar-refractivity contribution is 7.80. The number of aliphatic hydroxyl groups is 1. The van der Waals surface area contributed by atoms with Crippen LogP contribution < -0.4 is 10.6 Å². The number of hydrogen-bond acceptors (Lipinski definition) is 2. The number of anilines is 1. The molecular weight excluding hydrogens is 239 g/mol. The summed E-state index contributed by atoms with van der Waals surface area (Å²) >= 11 is 10.5. The molecule has 0 aliphatic rings. The van der Waals surface area contributed by atoms with Crippen molar-refractivity contribution in [1.82, 2.24) is 5.32 Å². The van der Waals surface area contributed by atoms with Crippen LogP contribution in [-0.4, -0.2) is 23.4 Å². The fourth-order valence-corrected chi connectivity index (χ4v) is 1.32. The zero-order chi connectivity index (χ0) is 11.3. The number of aliphatic hydroxyl groups excluding tert-OH is 1. The smallest absolute Gasteiger partial charge is 0.170 e. The Labute approximate surface area is 97.2 Å². The minimum absolute atomic E-state index is 0.00794. The Morgan fingerprint density at radius 1 is 1.53 bits per heavy atom. The van der Waals surface area contributed by atoms with E-state index < -0.39 is 5.82 Å². The zero-order valence-electron chi connectivity index (χ0n) is 7.76. The van der Waals surface area contributed by atoms with Crippen LogP contribution in [-0.2, 0) is 0 Å². The Morgan fingerprint density at radius 2 is 2.27 bits per heavy atom. The van der Waals surface area contributed by atoms with Crippen molar-refractivity contribution in [2.45, 2.75) is 0 Å². The molecule has 0 saturated heterocycles. The van der Waals surface area contributed by atoms with Gasteiger partial charge in [0.05, 0.1) is 11.6 Å². The molecule has 1 rings (SSSR count). The number of halogens is 2. The average Bonchev–Trinajstić information content (AvgIpc) is 2.20. The Bertz CT molecular complexity index is 362. The van der Waals surface area contributed by atoms with Crippen molar-refractivity contribution >= 4 is 34.6 Å². The maximum Gasteiger partial charge on any atom is 0.170 e. The van der Waals surface area contributed by atoms with Crippen molar-refractivity contribution in [2.75, 3.05) is 18.5 Å². The Hall–Kier alpha value is -0.910. The van der Waals surface area contributed by atoms with Crippen molar-refractivity contribution in [3.63, 3.8) is 0 Å². The van der Waals surface area contributed by atoms with Gasteiger partial charge in [0.2, 0.25) is 0 Å². The first kappa shape index (κ1) is 12.2. The molecule has 0 fully saturated rings. The summed E-state index contributed by atoms with van der Waals surface area (Å²) in [7, 11) is 0. The summed E-state index contributed by atoms with van der Waals surface area (Å²) in [6.45, 7) is 0.354. The minimum Gasteiger partial charge on any atom is -0.395 e. The van der Waals surface area contributed by atoms with Gasteiger partial charge in [0.25, 0.3) is 0 Å². The van der Waals surface area contributed by atoms with Gasteiger partial charge in [0.1, 0.15) is 5.82 Å². The summed E-state index contributed by atoms with van der Waals surface area (Å²) in [6, 6.07) is 4.21. The molecule has 0 radical (unpaired) electrons. The van der Waals surface area contributed by atoms with E-state index in [-0.39, 0.29) is 11.6 Å². The molecule has 0 spiro atoms. The second-order valence-electron chi connectivity index (χ2n) is 2.73. The van der Waals surface area contributed by atoms with Gasteiger partial charge >= 0.3 is 0 Å². The lowest BCUT2D eigenvalue weighted by atomic mass is 10.3. The van der Waals surface area contributed by atoms with Crippen LogP contribution >= 0.6 is 23.8 Å². The minimum atomic E-state index is -0.476. The highest BCUT2D eigenvalue weighted by Gasteiger charge is 2.01. The molecule has 1 aromatic carbocycles. The fourth-order valence-electron chi connectivity index (χ4n) is 0.919. The third-order valence-electron chi connectivity index (χ3n) is 1.57. The molecule has 0 bridgehead atoms. The average molecular weight is 249 g/mol. The molecule has 0 aliphatic heterocycles. The molecule has 0 aliphatic carbocycles. The van der Waals surface area contributed by atoms with Gasteiger partial charge in [-0.05, 0) is 30.4 Å². The SMILES string of the molecule is OCCNC(=S)Nc1ccc(F)c(Cl)c1. The van der Waals surface area contributed by atoms with Crippen LogP contribution in [0.4, 0.5) is 10.1 Å². The molecule has 3 N–H and O–H groups in total. The molecule has 0 unspecified atom stereocenters. The standard InChI is InChI=1S/C9H10ClFN2OS/c10-7-5-6(1-2-8(7)11)13-9(15)12-3-4-14/h1-2,5,14H,3-4H2,(H2,12,13,15). The van der Waals surface area contributed by atoms with Gasteiger partial charge in [-0.2, -0.15) is 0 Å². The van der Waals surface area contributed by atoms with Gasteiger partial charge in [0, 0.05) is 12.2 Å². The lowest BCUT2D eigenvalue weighted by molar-refractivity contribution is 0.301. The number of hydrogen-bond donors (Lipinski definition) is 3. The largest absolute Gasteiger partial charge is 0.395 e. The predicted octanol–water partition coefficient (Wildman–Crippen LogP) is 1.76. The van der Waals surface area contributed by atoms with Crippen LogP contribution in [0.15, 0.2) is 18.2 Å². The third kappa shape index (κ3) is 3.99. The number of thiocarbonyl (C=S) groups is 1. The van der Waals surface area contributed by atoms with E-state index in [1.54, 1.807) is 0 Å². The van der Waals surface area contributed by atoms with Gasteiger partial charge in [-0.3, -0.25) is 0 Å². The Balaban J connectivity index is 2.57. The molecule has 0 saturated carbocycles. The van der Waals surface area contributed by atoms with Gasteiger partial charge in [0.15, 0.2) is 5.11 Å². The molecule has 1 aromatic rings. The summed E-state index contributed by atoms with van der Waals surface area (Å²) in [5.41, 5.74) is 0.594. The summed E-state index contributed by atoms with van der Waals surface area (Å²) in [6.07, 6.45) is 0. The predicted molar refractivity (Wildman–Crippen MR) is 62.7 cm³/mol. The highest BCUT2D eigenvalue weighted by Crippen LogP contribution is 2.19. The molecule has 0 heterocycles.